The number of para-hydroxylation sites is 1. The van der Waals surface area contributed by atoms with E-state index in [4.69, 9.17) is 0 Å². The molecule has 0 unspecified atom stereocenters. The summed E-state index contributed by atoms with van der Waals surface area (Å²) in [5, 5.41) is 9.71. The van der Waals surface area contributed by atoms with Crippen molar-refractivity contribution in [1.82, 2.24) is 0 Å². The Hall–Kier alpha value is -2.50. The van der Waals surface area contributed by atoms with Gasteiger partial charge in [0.2, 0.25) is 0 Å². The zero-order valence-electron chi connectivity index (χ0n) is 11.6. The summed E-state index contributed by atoms with van der Waals surface area (Å²) in [5.74, 6) is -0.867. The Morgan fingerprint density at radius 3 is 2.50 bits per heavy atom. The topological polar surface area (TPSA) is 46.5 Å². The molecule has 0 saturated heterocycles. The minimum atomic E-state index is -4.81. The zero-order valence-corrected chi connectivity index (χ0v) is 11.6. The number of carbonyl (C=O) groups is 1. The molecule has 6 heteroatoms. The van der Waals surface area contributed by atoms with Crippen LogP contribution in [0.25, 0.3) is 11.1 Å². The molecule has 0 saturated carbocycles. The predicted octanol–water partition coefficient (Wildman–Crippen LogP) is 4.55. The monoisotopic (exact) mass is 310 g/mol. The fourth-order valence-electron chi connectivity index (χ4n) is 2.04. The van der Waals surface area contributed by atoms with E-state index in [-0.39, 0.29) is 34.8 Å². The summed E-state index contributed by atoms with van der Waals surface area (Å²) in [5.41, 5.74) is 0.612. The van der Waals surface area contributed by atoms with Gasteiger partial charge in [0.15, 0.2) is 5.78 Å². The van der Waals surface area contributed by atoms with E-state index in [2.05, 4.69) is 4.74 Å². The summed E-state index contributed by atoms with van der Waals surface area (Å²) in [4.78, 5) is 11.8. The predicted molar refractivity (Wildman–Crippen MR) is 74.8 cm³/mol. The quantitative estimate of drug-likeness (QED) is 0.843. The van der Waals surface area contributed by atoms with E-state index in [0.29, 0.717) is 5.56 Å². The molecule has 0 aliphatic rings. The van der Waals surface area contributed by atoms with Crippen LogP contribution in [0.4, 0.5) is 13.2 Å². The number of hydrogen-bond donors (Lipinski definition) is 1. The van der Waals surface area contributed by atoms with Crippen molar-refractivity contribution in [3.05, 3.63) is 48.0 Å². The lowest BCUT2D eigenvalue weighted by Crippen LogP contribution is -2.17. The number of halogens is 3. The van der Waals surface area contributed by atoms with Crippen LogP contribution in [0, 0.1) is 0 Å². The summed E-state index contributed by atoms with van der Waals surface area (Å²) in [6, 6.07) is 9.70. The molecule has 2 aromatic carbocycles. The normalized spacial score (nSPS) is 11.3. The first kappa shape index (κ1) is 15.9. The molecule has 3 nitrogen and oxygen atoms in total. The van der Waals surface area contributed by atoms with Crippen LogP contribution in [0.3, 0.4) is 0 Å². The highest BCUT2D eigenvalue weighted by atomic mass is 19.4. The molecule has 0 fully saturated rings. The smallest absolute Gasteiger partial charge is 0.507 e. The summed E-state index contributed by atoms with van der Waals surface area (Å²) in [6.45, 7) is 1.63. The van der Waals surface area contributed by atoms with E-state index in [1.807, 2.05) is 0 Å². The second-order valence-electron chi connectivity index (χ2n) is 4.55. The van der Waals surface area contributed by atoms with Gasteiger partial charge in [-0.15, -0.1) is 13.2 Å². The Morgan fingerprint density at radius 2 is 1.86 bits per heavy atom. The second-order valence-corrected chi connectivity index (χ2v) is 4.55. The van der Waals surface area contributed by atoms with Gasteiger partial charge in [-0.1, -0.05) is 31.2 Å². The van der Waals surface area contributed by atoms with Crippen molar-refractivity contribution in [2.24, 2.45) is 0 Å². The van der Waals surface area contributed by atoms with Gasteiger partial charge in [0.05, 0.1) is 5.56 Å². The van der Waals surface area contributed by atoms with Crippen LogP contribution < -0.4 is 4.74 Å². The molecule has 0 amide bonds. The average molecular weight is 310 g/mol. The fraction of sp³-hybridized carbons (Fsp3) is 0.188. The van der Waals surface area contributed by atoms with Crippen LogP contribution in [-0.4, -0.2) is 17.3 Å². The van der Waals surface area contributed by atoms with Crippen molar-refractivity contribution in [3.8, 4) is 22.6 Å². The number of carbonyl (C=O) groups excluding carboxylic acids is 1. The van der Waals surface area contributed by atoms with Crippen molar-refractivity contribution in [2.75, 3.05) is 0 Å². The zero-order chi connectivity index (χ0) is 16.3. The number of phenols is 1. The summed E-state index contributed by atoms with van der Waals surface area (Å²) >= 11 is 0. The van der Waals surface area contributed by atoms with Gasteiger partial charge in [0.1, 0.15) is 11.5 Å². The Balaban J connectivity index is 2.51. The molecule has 1 N–H and O–H groups in total. The van der Waals surface area contributed by atoms with Crippen LogP contribution in [0.15, 0.2) is 42.5 Å². The number of phenolic OH excluding ortho intramolecular Hbond substituents is 1. The molecule has 0 aliphatic carbocycles. The van der Waals surface area contributed by atoms with E-state index >= 15 is 0 Å². The van der Waals surface area contributed by atoms with Gasteiger partial charge in [-0.25, -0.2) is 0 Å². The first-order valence-electron chi connectivity index (χ1n) is 6.53. The third kappa shape index (κ3) is 3.58. The van der Waals surface area contributed by atoms with Gasteiger partial charge in [0.25, 0.3) is 0 Å². The molecule has 0 aromatic heterocycles. The largest absolute Gasteiger partial charge is 0.573 e. The Bertz CT molecular complexity index is 693. The molecule has 2 aromatic rings. The standard InChI is InChI=1S/C16H13F3O3/c1-2-13(20)12-9-10(7-8-14(12)21)11-5-3-4-6-15(11)22-16(17,18)19/h3-9,21H,2H2,1H3. The molecule has 2 rings (SSSR count). The van der Waals surface area contributed by atoms with Gasteiger partial charge in [-0.05, 0) is 23.8 Å². The summed E-state index contributed by atoms with van der Waals surface area (Å²) in [7, 11) is 0. The van der Waals surface area contributed by atoms with Crippen molar-refractivity contribution in [2.45, 2.75) is 19.7 Å². The lowest BCUT2D eigenvalue weighted by molar-refractivity contribution is -0.274. The third-order valence-corrected chi connectivity index (χ3v) is 3.04. The maximum Gasteiger partial charge on any atom is 0.573 e. The first-order valence-corrected chi connectivity index (χ1v) is 6.53. The highest BCUT2D eigenvalue weighted by molar-refractivity contribution is 5.99. The number of ketones is 1. The van der Waals surface area contributed by atoms with E-state index in [1.165, 1.54) is 36.4 Å². The lowest BCUT2D eigenvalue weighted by atomic mass is 9.99. The SMILES string of the molecule is CCC(=O)c1cc(-c2ccccc2OC(F)(F)F)ccc1O. The third-order valence-electron chi connectivity index (χ3n) is 3.04. The number of Topliss-reactive ketones (excluding diaryl/α,β-unsaturated/α-hetero) is 1. The van der Waals surface area contributed by atoms with Crippen LogP contribution in [0.1, 0.15) is 23.7 Å². The van der Waals surface area contributed by atoms with Crippen LogP contribution >= 0.6 is 0 Å². The molecule has 116 valence electrons. The van der Waals surface area contributed by atoms with Crippen molar-refractivity contribution in [1.29, 1.82) is 0 Å². The number of rotatable bonds is 4. The van der Waals surface area contributed by atoms with Crippen LogP contribution in [0.5, 0.6) is 11.5 Å². The maximum absolute atomic E-state index is 12.4. The molecule has 0 spiro atoms. The van der Waals surface area contributed by atoms with Crippen LogP contribution in [0.2, 0.25) is 0 Å². The molecule has 0 bridgehead atoms. The van der Waals surface area contributed by atoms with Gasteiger partial charge in [-0.2, -0.15) is 0 Å². The van der Waals surface area contributed by atoms with Crippen molar-refractivity contribution < 1.29 is 27.8 Å². The molecular formula is C16H13F3O3. The van der Waals surface area contributed by atoms with Gasteiger partial charge < -0.3 is 9.84 Å². The number of aromatic hydroxyl groups is 1. The lowest BCUT2D eigenvalue weighted by Gasteiger charge is -2.14. The van der Waals surface area contributed by atoms with Crippen molar-refractivity contribution >= 4 is 5.78 Å². The number of benzene rings is 2. The molecular weight excluding hydrogens is 297 g/mol. The minimum absolute atomic E-state index is 0.0711. The van der Waals surface area contributed by atoms with E-state index in [9.17, 15) is 23.1 Å². The highest BCUT2D eigenvalue weighted by Gasteiger charge is 2.32. The number of alkyl halides is 3. The molecule has 0 atom stereocenters. The highest BCUT2D eigenvalue weighted by Crippen LogP contribution is 2.35. The van der Waals surface area contributed by atoms with E-state index in [0.717, 1.165) is 0 Å². The first-order chi connectivity index (χ1) is 10.3. The van der Waals surface area contributed by atoms with E-state index in [1.54, 1.807) is 13.0 Å². The second kappa shape index (κ2) is 6.09. The molecule has 22 heavy (non-hydrogen) atoms. The molecule has 0 radical (unpaired) electrons. The molecule has 0 aliphatic heterocycles. The fourth-order valence-corrected chi connectivity index (χ4v) is 2.04. The maximum atomic E-state index is 12.4. The van der Waals surface area contributed by atoms with Crippen LogP contribution in [-0.2, 0) is 0 Å². The van der Waals surface area contributed by atoms with Gasteiger partial charge in [0, 0.05) is 12.0 Å². The molecule has 0 heterocycles. The summed E-state index contributed by atoms with van der Waals surface area (Å²) in [6.07, 6.45) is -4.63. The Kier molecular flexibility index (Phi) is 4.40. The Morgan fingerprint density at radius 1 is 1.18 bits per heavy atom. The van der Waals surface area contributed by atoms with Crippen molar-refractivity contribution in [3.63, 3.8) is 0 Å². The minimum Gasteiger partial charge on any atom is -0.507 e. The summed E-state index contributed by atoms with van der Waals surface area (Å²) < 4.78 is 41.3. The average Bonchev–Trinajstić information content (AvgIpc) is 2.46. The van der Waals surface area contributed by atoms with Gasteiger partial charge >= 0.3 is 6.36 Å². The van der Waals surface area contributed by atoms with Gasteiger partial charge in [-0.3, -0.25) is 4.79 Å². The number of hydrogen-bond acceptors (Lipinski definition) is 3. The number of ether oxygens (including phenoxy) is 1. The Labute approximate surface area is 125 Å². The van der Waals surface area contributed by atoms with E-state index < -0.39 is 6.36 Å².